The van der Waals surface area contributed by atoms with Crippen molar-refractivity contribution < 1.29 is 14.3 Å². The van der Waals surface area contributed by atoms with Gasteiger partial charge < -0.3 is 14.8 Å². The van der Waals surface area contributed by atoms with E-state index < -0.39 is 0 Å². The van der Waals surface area contributed by atoms with Gasteiger partial charge in [0.05, 0.1) is 29.5 Å². The summed E-state index contributed by atoms with van der Waals surface area (Å²) in [6.45, 7) is 4.65. The summed E-state index contributed by atoms with van der Waals surface area (Å²) in [4.78, 5) is 29.4. The average molecular weight is 393 g/mol. The van der Waals surface area contributed by atoms with Crippen molar-refractivity contribution in [3.63, 3.8) is 0 Å². The van der Waals surface area contributed by atoms with Gasteiger partial charge in [0.15, 0.2) is 0 Å². The van der Waals surface area contributed by atoms with E-state index in [4.69, 9.17) is 9.47 Å². The molecule has 3 aromatic rings. The Morgan fingerprint density at radius 1 is 1.34 bits per heavy atom. The van der Waals surface area contributed by atoms with E-state index in [1.807, 2.05) is 32.0 Å². The van der Waals surface area contributed by atoms with Crippen LogP contribution in [0.2, 0.25) is 0 Å². The Morgan fingerprint density at radius 3 is 3.00 bits per heavy atom. The highest BCUT2D eigenvalue weighted by Crippen LogP contribution is 2.38. The molecule has 150 valence electrons. The van der Waals surface area contributed by atoms with E-state index in [-0.39, 0.29) is 30.5 Å². The van der Waals surface area contributed by atoms with Gasteiger partial charge >= 0.3 is 0 Å². The maximum Gasteiger partial charge on any atom is 0.261 e. The lowest BCUT2D eigenvalue weighted by Crippen LogP contribution is -2.23. The van der Waals surface area contributed by atoms with Crippen molar-refractivity contribution >= 4 is 22.5 Å². The highest BCUT2D eigenvalue weighted by molar-refractivity contribution is 5.92. The predicted molar refractivity (Wildman–Crippen MR) is 111 cm³/mol. The molecule has 2 heterocycles. The first-order valence-electron chi connectivity index (χ1n) is 9.75. The van der Waals surface area contributed by atoms with Gasteiger partial charge in [-0.05, 0) is 32.0 Å². The van der Waals surface area contributed by atoms with Gasteiger partial charge in [0.25, 0.3) is 5.56 Å². The highest BCUT2D eigenvalue weighted by atomic mass is 16.5. The number of hydrogen-bond donors (Lipinski definition) is 1. The number of hydrogen-bond acceptors (Lipinski definition) is 5. The van der Waals surface area contributed by atoms with Crippen molar-refractivity contribution in [2.75, 3.05) is 11.9 Å². The van der Waals surface area contributed by atoms with E-state index in [1.54, 1.807) is 18.2 Å². The zero-order valence-corrected chi connectivity index (χ0v) is 16.5. The van der Waals surface area contributed by atoms with Crippen molar-refractivity contribution in [1.82, 2.24) is 9.55 Å². The van der Waals surface area contributed by atoms with E-state index >= 15 is 0 Å². The van der Waals surface area contributed by atoms with E-state index in [1.165, 1.54) is 10.9 Å². The summed E-state index contributed by atoms with van der Waals surface area (Å²) in [5.74, 6) is 1.19. The van der Waals surface area contributed by atoms with Crippen LogP contribution in [-0.2, 0) is 17.8 Å². The van der Waals surface area contributed by atoms with Gasteiger partial charge in [0.2, 0.25) is 5.91 Å². The average Bonchev–Trinajstić information content (AvgIpc) is 3.07. The molecule has 1 unspecified atom stereocenters. The third kappa shape index (κ3) is 3.94. The number of rotatable bonds is 6. The molecule has 1 atom stereocenters. The Hall–Kier alpha value is -3.35. The number of aromatic nitrogens is 2. The summed E-state index contributed by atoms with van der Waals surface area (Å²) >= 11 is 0. The van der Waals surface area contributed by atoms with Crippen molar-refractivity contribution in [2.45, 2.75) is 39.3 Å². The van der Waals surface area contributed by atoms with E-state index in [2.05, 4.69) is 10.3 Å². The third-order valence-corrected chi connectivity index (χ3v) is 4.88. The number of nitrogens with zero attached hydrogens (tertiary/aromatic N) is 2. The van der Waals surface area contributed by atoms with Gasteiger partial charge in [0.1, 0.15) is 17.6 Å². The van der Waals surface area contributed by atoms with Crippen LogP contribution in [0.1, 0.15) is 25.8 Å². The molecule has 1 aliphatic heterocycles. The monoisotopic (exact) mass is 393 g/mol. The Balaban J connectivity index is 1.48. The maximum atomic E-state index is 12.6. The van der Waals surface area contributed by atoms with Crippen LogP contribution < -0.4 is 20.3 Å². The second kappa shape index (κ2) is 7.95. The lowest BCUT2D eigenvalue weighted by atomic mass is 10.1. The third-order valence-electron chi connectivity index (χ3n) is 4.88. The molecule has 0 saturated heterocycles. The number of anilines is 1. The first-order valence-corrected chi connectivity index (χ1v) is 9.75. The quantitative estimate of drug-likeness (QED) is 0.696. The Kier molecular flexibility index (Phi) is 5.20. The standard InChI is InChI=1S/C22H23N3O4/c1-3-28-20-11-15-10-14(2)29-19(15)12-18(20)24-21(26)8-9-25-13-23-17-7-5-4-6-16(17)22(25)27/h4-7,11-14H,3,8-10H2,1-2H3,(H,24,26). The number of carbonyl (C=O) groups is 1. The Morgan fingerprint density at radius 2 is 2.17 bits per heavy atom. The second-order valence-corrected chi connectivity index (χ2v) is 7.08. The summed E-state index contributed by atoms with van der Waals surface area (Å²) in [7, 11) is 0. The first-order chi connectivity index (χ1) is 14.0. The second-order valence-electron chi connectivity index (χ2n) is 7.08. The zero-order valence-electron chi connectivity index (χ0n) is 16.5. The van der Waals surface area contributed by atoms with Crippen LogP contribution in [-0.4, -0.2) is 28.2 Å². The molecular formula is C22H23N3O4. The minimum absolute atomic E-state index is 0.109. The molecule has 29 heavy (non-hydrogen) atoms. The number of nitrogens with one attached hydrogen (secondary N) is 1. The molecule has 0 fully saturated rings. The van der Waals surface area contributed by atoms with Gasteiger partial charge in [-0.2, -0.15) is 0 Å². The van der Waals surface area contributed by atoms with E-state index in [9.17, 15) is 9.59 Å². The smallest absolute Gasteiger partial charge is 0.261 e. The zero-order chi connectivity index (χ0) is 20.4. The van der Waals surface area contributed by atoms with Crippen LogP contribution in [0.5, 0.6) is 11.5 Å². The fourth-order valence-electron chi connectivity index (χ4n) is 3.51. The molecule has 7 nitrogen and oxygen atoms in total. The van der Waals surface area contributed by atoms with Gasteiger partial charge in [-0.15, -0.1) is 0 Å². The molecule has 0 bridgehead atoms. The molecule has 0 spiro atoms. The summed E-state index contributed by atoms with van der Waals surface area (Å²) in [5, 5.41) is 3.43. The summed E-state index contributed by atoms with van der Waals surface area (Å²) in [6, 6.07) is 10.9. The number of para-hydroxylation sites is 1. The van der Waals surface area contributed by atoms with Crippen molar-refractivity contribution in [1.29, 1.82) is 0 Å². The molecule has 0 saturated carbocycles. The topological polar surface area (TPSA) is 82.5 Å². The maximum absolute atomic E-state index is 12.6. The number of ether oxygens (including phenoxy) is 2. The largest absolute Gasteiger partial charge is 0.492 e. The van der Waals surface area contributed by atoms with Gasteiger partial charge in [-0.3, -0.25) is 14.2 Å². The van der Waals surface area contributed by atoms with Gasteiger partial charge in [-0.25, -0.2) is 4.98 Å². The highest BCUT2D eigenvalue weighted by Gasteiger charge is 2.22. The number of amides is 1. The minimum Gasteiger partial charge on any atom is -0.492 e. The van der Waals surface area contributed by atoms with Gasteiger partial charge in [-0.1, -0.05) is 12.1 Å². The molecule has 0 radical (unpaired) electrons. The molecule has 7 heteroatoms. The summed E-state index contributed by atoms with van der Waals surface area (Å²) in [6.07, 6.45) is 2.55. The fraction of sp³-hybridized carbons (Fsp3) is 0.318. The molecule has 1 aromatic heterocycles. The number of fused-ring (bicyclic) bond motifs is 2. The van der Waals surface area contributed by atoms with Crippen LogP contribution in [0.25, 0.3) is 10.9 Å². The molecule has 1 aliphatic rings. The first kappa shape index (κ1) is 19.0. The lowest BCUT2D eigenvalue weighted by molar-refractivity contribution is -0.116. The minimum atomic E-state index is -0.211. The van der Waals surface area contributed by atoms with Crippen LogP contribution in [0.15, 0.2) is 47.5 Å². The van der Waals surface area contributed by atoms with Crippen molar-refractivity contribution in [3.05, 3.63) is 58.6 Å². The van der Waals surface area contributed by atoms with Crippen molar-refractivity contribution in [3.8, 4) is 11.5 Å². The predicted octanol–water partition coefficient (Wildman–Crippen LogP) is 3.15. The van der Waals surface area contributed by atoms with Crippen LogP contribution in [0.3, 0.4) is 0 Å². The van der Waals surface area contributed by atoms with E-state index in [0.29, 0.717) is 28.9 Å². The lowest BCUT2D eigenvalue weighted by Gasteiger charge is -2.14. The Bertz CT molecular complexity index is 1120. The summed E-state index contributed by atoms with van der Waals surface area (Å²) < 4.78 is 12.9. The summed E-state index contributed by atoms with van der Waals surface area (Å²) in [5.41, 5.74) is 2.15. The van der Waals surface area contributed by atoms with Crippen molar-refractivity contribution in [2.24, 2.45) is 0 Å². The Labute approximate surface area is 168 Å². The molecule has 2 aromatic carbocycles. The normalized spacial score (nSPS) is 15.0. The SMILES string of the molecule is CCOc1cc2c(cc1NC(=O)CCn1cnc3ccccc3c1=O)OC(C)C2. The fourth-order valence-corrected chi connectivity index (χ4v) is 3.51. The number of aryl methyl sites for hydroxylation is 1. The van der Waals surface area contributed by atoms with Crippen LogP contribution in [0.4, 0.5) is 5.69 Å². The van der Waals surface area contributed by atoms with Crippen LogP contribution >= 0.6 is 0 Å². The molecule has 0 aliphatic carbocycles. The number of benzene rings is 2. The molecule has 4 rings (SSSR count). The molecular weight excluding hydrogens is 370 g/mol. The van der Waals surface area contributed by atoms with E-state index in [0.717, 1.165) is 17.7 Å². The van der Waals surface area contributed by atoms with Crippen LogP contribution in [0, 0.1) is 0 Å². The molecule has 1 N–H and O–H groups in total. The number of carbonyl (C=O) groups excluding carboxylic acids is 1. The van der Waals surface area contributed by atoms with Gasteiger partial charge in [0, 0.05) is 31.0 Å². The molecule has 1 amide bonds.